The average molecular weight is 339 g/mol. The Morgan fingerprint density at radius 2 is 2.50 bits per heavy atom. The molecule has 67 valence electrons. The van der Waals surface area contributed by atoms with Crippen molar-refractivity contribution in [1.82, 2.24) is 9.55 Å². The maximum Gasteiger partial charge on any atom is 0.288 e. The molecular formula is C7H9N2O2Re-. The molecule has 0 bridgehead atoms. The van der Waals surface area contributed by atoms with Crippen molar-refractivity contribution in [2.24, 2.45) is 7.05 Å². The van der Waals surface area contributed by atoms with Crippen LogP contribution < -0.4 is 0 Å². The van der Waals surface area contributed by atoms with Crippen molar-refractivity contribution in [3.8, 4) is 0 Å². The van der Waals surface area contributed by atoms with E-state index in [4.69, 9.17) is 4.74 Å². The molecule has 5 heteroatoms. The van der Waals surface area contributed by atoms with Gasteiger partial charge in [0.15, 0.2) is 0 Å². The average Bonchev–Trinajstić information content (AvgIpc) is 2.36. The van der Waals surface area contributed by atoms with E-state index in [1.165, 1.54) is 0 Å². The molecule has 0 aliphatic rings. The van der Waals surface area contributed by atoms with Crippen molar-refractivity contribution in [2.75, 3.05) is 6.61 Å². The van der Waals surface area contributed by atoms with E-state index in [-0.39, 0.29) is 26.2 Å². The summed E-state index contributed by atoms with van der Waals surface area (Å²) >= 11 is 0. The van der Waals surface area contributed by atoms with E-state index >= 15 is 0 Å². The molecule has 1 aromatic heterocycles. The molecule has 0 atom stereocenters. The summed E-state index contributed by atoms with van der Waals surface area (Å²) in [6.45, 7) is 2.12. The normalized spacial score (nSPS) is 8.83. The summed E-state index contributed by atoms with van der Waals surface area (Å²) in [5, 5.41) is 0. The molecule has 0 fully saturated rings. The van der Waals surface area contributed by atoms with Gasteiger partial charge in [-0.15, -0.1) is 6.20 Å². The van der Waals surface area contributed by atoms with Crippen LogP contribution in [0.1, 0.15) is 17.5 Å². The standard InChI is InChI=1S/C7H9N2O2.Re/c1-3-11-7(10)6-8-4-5-9(6)2;/h5H,3H2,1-2H3;/q-1;. The predicted molar refractivity (Wildman–Crippen MR) is 38.0 cm³/mol. The van der Waals surface area contributed by atoms with Crippen LogP contribution in [0.5, 0.6) is 0 Å². The molecule has 0 amide bonds. The molecule has 0 aliphatic carbocycles. The topological polar surface area (TPSA) is 44.1 Å². The van der Waals surface area contributed by atoms with Crippen molar-refractivity contribution in [3.05, 3.63) is 18.2 Å². The van der Waals surface area contributed by atoms with Crippen LogP contribution in [0, 0.1) is 6.20 Å². The van der Waals surface area contributed by atoms with Crippen LogP contribution in [0.4, 0.5) is 0 Å². The number of hydrogen-bond donors (Lipinski definition) is 0. The molecule has 0 aromatic carbocycles. The number of hydrogen-bond acceptors (Lipinski definition) is 3. The Hall–Kier alpha value is -0.658. The summed E-state index contributed by atoms with van der Waals surface area (Å²) in [6.07, 6.45) is 4.13. The molecule has 0 unspecified atom stereocenters. The van der Waals surface area contributed by atoms with Crippen LogP contribution in [0.25, 0.3) is 0 Å². The Balaban J connectivity index is 0.00000121. The molecule has 0 saturated heterocycles. The van der Waals surface area contributed by atoms with Crippen molar-refractivity contribution >= 4 is 5.97 Å². The number of esters is 1. The van der Waals surface area contributed by atoms with Gasteiger partial charge in [0.05, 0.1) is 12.4 Å². The van der Waals surface area contributed by atoms with E-state index in [9.17, 15) is 4.79 Å². The zero-order chi connectivity index (χ0) is 8.27. The molecule has 1 aromatic rings. The largest absolute Gasteiger partial charge is 0.474 e. The number of rotatable bonds is 2. The zero-order valence-electron chi connectivity index (χ0n) is 6.87. The van der Waals surface area contributed by atoms with Crippen LogP contribution in [0.3, 0.4) is 0 Å². The number of carbonyl (C=O) groups excluding carboxylic acids is 1. The van der Waals surface area contributed by atoms with Gasteiger partial charge in [0, 0.05) is 20.4 Å². The fraction of sp³-hybridized carbons (Fsp3) is 0.429. The van der Waals surface area contributed by atoms with E-state index in [1.54, 1.807) is 24.7 Å². The minimum atomic E-state index is -0.406. The number of aromatic nitrogens is 2. The van der Waals surface area contributed by atoms with Gasteiger partial charge >= 0.3 is 0 Å². The summed E-state index contributed by atoms with van der Waals surface area (Å²) < 4.78 is 6.29. The minimum absolute atomic E-state index is 0. The maximum atomic E-state index is 11.0. The first-order valence-corrected chi connectivity index (χ1v) is 3.32. The Morgan fingerprint density at radius 3 is 2.92 bits per heavy atom. The monoisotopic (exact) mass is 340 g/mol. The van der Waals surface area contributed by atoms with Gasteiger partial charge in [-0.1, -0.05) is 6.20 Å². The van der Waals surface area contributed by atoms with Crippen LogP contribution in [-0.4, -0.2) is 22.1 Å². The van der Waals surface area contributed by atoms with Crippen LogP contribution >= 0.6 is 0 Å². The molecule has 0 N–H and O–H groups in total. The second-order valence-corrected chi connectivity index (χ2v) is 2.02. The van der Waals surface area contributed by atoms with Gasteiger partial charge < -0.3 is 14.3 Å². The van der Waals surface area contributed by atoms with Crippen molar-refractivity contribution < 1.29 is 30.0 Å². The predicted octanol–water partition coefficient (Wildman–Crippen LogP) is 0.394. The maximum absolute atomic E-state index is 11.0. The van der Waals surface area contributed by atoms with E-state index < -0.39 is 5.97 Å². The van der Waals surface area contributed by atoms with Crippen LogP contribution in [0.15, 0.2) is 6.20 Å². The molecule has 1 radical (unpaired) electrons. The molecule has 1 rings (SSSR count). The molecule has 12 heavy (non-hydrogen) atoms. The smallest absolute Gasteiger partial charge is 0.288 e. The Kier molecular flexibility index (Phi) is 4.79. The van der Waals surface area contributed by atoms with Crippen molar-refractivity contribution in [3.63, 3.8) is 0 Å². The van der Waals surface area contributed by atoms with Gasteiger partial charge in [-0.05, 0) is 14.0 Å². The third-order valence-electron chi connectivity index (χ3n) is 1.21. The number of nitrogens with zero attached hydrogens (tertiary/aromatic N) is 2. The summed E-state index contributed by atoms with van der Waals surface area (Å²) in [5.74, 6) is -0.122. The van der Waals surface area contributed by atoms with Gasteiger partial charge in [0.1, 0.15) is 0 Å². The summed E-state index contributed by atoms with van der Waals surface area (Å²) in [7, 11) is 1.72. The number of ether oxygens (including phenoxy) is 1. The molecular weight excluding hydrogens is 330 g/mol. The Labute approximate surface area is 84.6 Å². The summed E-state index contributed by atoms with van der Waals surface area (Å²) in [6, 6.07) is 0. The van der Waals surface area contributed by atoms with Crippen LogP contribution in [0.2, 0.25) is 0 Å². The third-order valence-corrected chi connectivity index (χ3v) is 1.21. The Bertz CT molecular complexity index is 260. The SMILES string of the molecule is CCOC(=O)c1n[c-]cn1C.[Re]. The first-order valence-electron chi connectivity index (χ1n) is 3.32. The van der Waals surface area contributed by atoms with Gasteiger partial charge in [0.2, 0.25) is 0 Å². The molecule has 4 nitrogen and oxygen atoms in total. The fourth-order valence-corrected chi connectivity index (χ4v) is 0.702. The fourth-order valence-electron chi connectivity index (χ4n) is 0.702. The van der Waals surface area contributed by atoms with E-state index in [1.807, 2.05) is 0 Å². The van der Waals surface area contributed by atoms with Crippen molar-refractivity contribution in [2.45, 2.75) is 6.92 Å². The molecule has 0 saturated carbocycles. The van der Waals surface area contributed by atoms with Gasteiger partial charge in [-0.25, -0.2) is 0 Å². The summed E-state index contributed by atoms with van der Waals surface area (Å²) in [5.41, 5.74) is 0. The molecule has 0 spiro atoms. The molecule has 1 heterocycles. The zero-order valence-corrected chi connectivity index (χ0v) is 9.59. The third kappa shape index (κ3) is 2.43. The quantitative estimate of drug-likeness (QED) is 0.579. The number of aryl methyl sites for hydroxylation is 1. The van der Waals surface area contributed by atoms with Crippen LogP contribution in [-0.2, 0) is 32.2 Å². The van der Waals surface area contributed by atoms with Gasteiger partial charge in [-0.3, -0.25) is 4.79 Å². The minimum Gasteiger partial charge on any atom is -0.474 e. The second kappa shape index (κ2) is 5.07. The Morgan fingerprint density at radius 1 is 1.83 bits per heavy atom. The van der Waals surface area contributed by atoms with E-state index in [0.29, 0.717) is 6.61 Å². The second-order valence-electron chi connectivity index (χ2n) is 2.02. The first-order chi connectivity index (χ1) is 5.25. The first kappa shape index (κ1) is 11.3. The van der Waals surface area contributed by atoms with E-state index in [0.717, 1.165) is 0 Å². The van der Waals surface area contributed by atoms with Gasteiger partial charge in [-0.2, -0.15) is 0 Å². The van der Waals surface area contributed by atoms with Crippen molar-refractivity contribution in [1.29, 1.82) is 0 Å². The number of carbonyl (C=O) groups is 1. The summed E-state index contributed by atoms with van der Waals surface area (Å²) in [4.78, 5) is 14.7. The van der Waals surface area contributed by atoms with E-state index in [2.05, 4.69) is 11.2 Å². The van der Waals surface area contributed by atoms with Gasteiger partial charge in [0.25, 0.3) is 5.97 Å². The molecule has 0 aliphatic heterocycles. The number of imidazole rings is 1.